The number of halogens is 2. The van der Waals surface area contributed by atoms with Crippen LogP contribution in [0.5, 0.6) is 0 Å². The van der Waals surface area contributed by atoms with Crippen molar-refractivity contribution in [1.29, 1.82) is 0 Å². The van der Waals surface area contributed by atoms with Crippen LogP contribution in [0, 0.1) is 10.5 Å². The summed E-state index contributed by atoms with van der Waals surface area (Å²) in [7, 11) is 1.96. The van der Waals surface area contributed by atoms with Gasteiger partial charge >= 0.3 is 0 Å². The van der Waals surface area contributed by atoms with E-state index in [2.05, 4.69) is 28.7 Å². The van der Waals surface area contributed by atoms with Crippen molar-refractivity contribution in [2.45, 2.75) is 6.92 Å². The van der Waals surface area contributed by atoms with E-state index in [1.165, 1.54) is 5.56 Å². The van der Waals surface area contributed by atoms with E-state index in [4.69, 9.17) is 11.6 Å². The molecule has 0 aliphatic heterocycles. The fraction of sp³-hybridized carbons (Fsp3) is 0.118. The lowest BCUT2D eigenvalue weighted by atomic mass is 10.0. The number of aromatic nitrogens is 1. The molecule has 1 heterocycles. The van der Waals surface area contributed by atoms with Crippen LogP contribution in [0.25, 0.3) is 10.9 Å². The Bertz CT molecular complexity index is 867. The monoisotopic (exact) mass is 409 g/mol. The SMILES string of the molecule is Cc1ccc2c(C(=O)c3cc(Cl)ccc3I)cn(C)c2c1. The number of carbonyl (C=O) groups excluding carboxylic acids is 1. The van der Waals surface area contributed by atoms with E-state index in [0.717, 1.165) is 14.5 Å². The smallest absolute Gasteiger partial charge is 0.196 e. The van der Waals surface area contributed by atoms with Gasteiger partial charge in [-0.3, -0.25) is 4.79 Å². The van der Waals surface area contributed by atoms with Crippen LogP contribution in [0.1, 0.15) is 21.5 Å². The van der Waals surface area contributed by atoms with Gasteiger partial charge in [0.2, 0.25) is 0 Å². The average Bonchev–Trinajstić information content (AvgIpc) is 2.78. The summed E-state index contributed by atoms with van der Waals surface area (Å²) in [5, 5.41) is 1.55. The molecule has 0 saturated heterocycles. The second kappa shape index (κ2) is 5.46. The number of hydrogen-bond acceptors (Lipinski definition) is 1. The van der Waals surface area contributed by atoms with Crippen molar-refractivity contribution in [2.75, 3.05) is 0 Å². The average molecular weight is 410 g/mol. The number of fused-ring (bicyclic) bond motifs is 1. The van der Waals surface area contributed by atoms with Crippen LogP contribution < -0.4 is 0 Å². The number of aryl methyl sites for hydroxylation is 2. The number of carbonyl (C=O) groups is 1. The first-order chi connectivity index (χ1) is 9.97. The van der Waals surface area contributed by atoms with Gasteiger partial charge in [-0.05, 0) is 59.3 Å². The zero-order valence-electron chi connectivity index (χ0n) is 11.7. The van der Waals surface area contributed by atoms with Gasteiger partial charge in [0.05, 0.1) is 0 Å². The molecule has 3 rings (SSSR count). The van der Waals surface area contributed by atoms with Crippen LogP contribution in [0.3, 0.4) is 0 Å². The van der Waals surface area contributed by atoms with Crippen molar-refractivity contribution in [3.8, 4) is 0 Å². The summed E-state index contributed by atoms with van der Waals surface area (Å²) in [6.07, 6.45) is 1.89. The third-order valence-corrected chi connectivity index (χ3v) is 4.74. The molecule has 0 radical (unpaired) electrons. The molecule has 0 aliphatic rings. The number of benzene rings is 2. The molecule has 0 N–H and O–H groups in total. The topological polar surface area (TPSA) is 22.0 Å². The quantitative estimate of drug-likeness (QED) is 0.432. The molecule has 0 aliphatic carbocycles. The highest BCUT2D eigenvalue weighted by molar-refractivity contribution is 14.1. The number of hydrogen-bond donors (Lipinski definition) is 0. The van der Waals surface area contributed by atoms with Gasteiger partial charge in [-0.25, -0.2) is 0 Å². The van der Waals surface area contributed by atoms with Gasteiger partial charge in [0, 0.05) is 43.9 Å². The third kappa shape index (κ3) is 2.60. The van der Waals surface area contributed by atoms with E-state index in [9.17, 15) is 4.79 Å². The molecular weight excluding hydrogens is 397 g/mol. The van der Waals surface area contributed by atoms with Gasteiger partial charge in [-0.1, -0.05) is 23.7 Å². The first kappa shape index (κ1) is 14.6. The van der Waals surface area contributed by atoms with E-state index in [1.54, 1.807) is 12.1 Å². The molecule has 106 valence electrons. The zero-order chi connectivity index (χ0) is 15.1. The summed E-state index contributed by atoms with van der Waals surface area (Å²) in [4.78, 5) is 12.9. The second-order valence-electron chi connectivity index (χ2n) is 5.13. The van der Waals surface area contributed by atoms with Crippen molar-refractivity contribution < 1.29 is 4.79 Å². The Morgan fingerprint density at radius 3 is 2.67 bits per heavy atom. The Morgan fingerprint density at radius 1 is 1.14 bits per heavy atom. The van der Waals surface area contributed by atoms with Crippen molar-refractivity contribution in [1.82, 2.24) is 4.57 Å². The van der Waals surface area contributed by atoms with Crippen LogP contribution in [0.2, 0.25) is 5.02 Å². The van der Waals surface area contributed by atoms with Crippen molar-refractivity contribution in [3.05, 3.63) is 67.9 Å². The van der Waals surface area contributed by atoms with Crippen LogP contribution in [0.15, 0.2) is 42.6 Å². The normalized spacial score (nSPS) is 11.0. The van der Waals surface area contributed by atoms with E-state index in [1.807, 2.05) is 42.9 Å². The standard InChI is InChI=1S/C17H13ClINO/c1-10-3-5-12-14(9-20(2)16(12)7-10)17(21)13-8-11(18)4-6-15(13)19/h3-9H,1-2H3. The fourth-order valence-corrected chi connectivity index (χ4v) is 3.24. The lowest BCUT2D eigenvalue weighted by Gasteiger charge is -2.04. The van der Waals surface area contributed by atoms with E-state index >= 15 is 0 Å². The lowest BCUT2D eigenvalue weighted by molar-refractivity contribution is 0.103. The van der Waals surface area contributed by atoms with Gasteiger partial charge in [0.1, 0.15) is 0 Å². The summed E-state index contributed by atoms with van der Waals surface area (Å²) in [5.74, 6) is 0.0105. The molecule has 1 aromatic heterocycles. The molecule has 0 amide bonds. The number of rotatable bonds is 2. The van der Waals surface area contributed by atoms with E-state index in [-0.39, 0.29) is 5.78 Å². The molecule has 0 saturated carbocycles. The minimum Gasteiger partial charge on any atom is -0.350 e. The summed E-state index contributed by atoms with van der Waals surface area (Å²) in [5.41, 5.74) is 3.61. The molecule has 2 aromatic carbocycles. The Kier molecular flexibility index (Phi) is 3.80. The number of ketones is 1. The lowest BCUT2D eigenvalue weighted by Crippen LogP contribution is -2.03. The highest BCUT2D eigenvalue weighted by Gasteiger charge is 2.18. The second-order valence-corrected chi connectivity index (χ2v) is 6.73. The molecule has 0 spiro atoms. The molecule has 0 unspecified atom stereocenters. The Hall–Kier alpha value is -1.33. The summed E-state index contributed by atoms with van der Waals surface area (Å²) < 4.78 is 2.90. The molecular formula is C17H13ClINO. The van der Waals surface area contributed by atoms with Gasteiger partial charge in [0.25, 0.3) is 0 Å². The van der Waals surface area contributed by atoms with Crippen molar-refractivity contribution >= 4 is 50.9 Å². The van der Waals surface area contributed by atoms with Crippen LogP contribution in [-0.2, 0) is 7.05 Å². The largest absolute Gasteiger partial charge is 0.350 e. The molecule has 0 bridgehead atoms. The van der Waals surface area contributed by atoms with Gasteiger partial charge in [-0.15, -0.1) is 0 Å². The molecule has 21 heavy (non-hydrogen) atoms. The molecule has 0 fully saturated rings. The zero-order valence-corrected chi connectivity index (χ0v) is 14.6. The van der Waals surface area contributed by atoms with Crippen LogP contribution >= 0.6 is 34.2 Å². The summed E-state index contributed by atoms with van der Waals surface area (Å²) in [6, 6.07) is 11.5. The van der Waals surface area contributed by atoms with Crippen molar-refractivity contribution in [2.24, 2.45) is 7.05 Å². The first-order valence-electron chi connectivity index (χ1n) is 6.53. The maximum absolute atomic E-state index is 12.9. The highest BCUT2D eigenvalue weighted by atomic mass is 127. The Labute approximate surface area is 141 Å². The highest BCUT2D eigenvalue weighted by Crippen LogP contribution is 2.27. The van der Waals surface area contributed by atoms with E-state index in [0.29, 0.717) is 16.1 Å². The first-order valence-corrected chi connectivity index (χ1v) is 7.98. The summed E-state index contributed by atoms with van der Waals surface area (Å²) in [6.45, 7) is 2.05. The molecule has 3 aromatic rings. The minimum absolute atomic E-state index is 0.0105. The Balaban J connectivity index is 2.21. The van der Waals surface area contributed by atoms with Crippen molar-refractivity contribution in [3.63, 3.8) is 0 Å². The maximum Gasteiger partial charge on any atom is 0.196 e. The maximum atomic E-state index is 12.9. The molecule has 0 atom stereocenters. The van der Waals surface area contributed by atoms with E-state index < -0.39 is 0 Å². The molecule has 2 nitrogen and oxygen atoms in total. The predicted octanol–water partition coefficient (Wildman–Crippen LogP) is 4.98. The van der Waals surface area contributed by atoms with Gasteiger partial charge in [-0.2, -0.15) is 0 Å². The van der Waals surface area contributed by atoms with Gasteiger partial charge in [0.15, 0.2) is 5.78 Å². The Morgan fingerprint density at radius 2 is 1.90 bits per heavy atom. The summed E-state index contributed by atoms with van der Waals surface area (Å²) >= 11 is 8.20. The van der Waals surface area contributed by atoms with Crippen LogP contribution in [0.4, 0.5) is 0 Å². The minimum atomic E-state index is 0.0105. The predicted molar refractivity (Wildman–Crippen MR) is 95.3 cm³/mol. The third-order valence-electron chi connectivity index (χ3n) is 3.56. The fourth-order valence-electron chi connectivity index (χ4n) is 2.49. The van der Waals surface area contributed by atoms with Gasteiger partial charge < -0.3 is 4.57 Å². The molecule has 4 heteroatoms. The van der Waals surface area contributed by atoms with Crippen LogP contribution in [-0.4, -0.2) is 10.4 Å². The number of nitrogens with zero attached hydrogens (tertiary/aromatic N) is 1.